The zero-order valence-electron chi connectivity index (χ0n) is 18.1. The molecule has 1 aliphatic rings. The minimum absolute atomic E-state index is 0.00876. The van der Waals surface area contributed by atoms with Gasteiger partial charge in [0.25, 0.3) is 0 Å². The summed E-state index contributed by atoms with van der Waals surface area (Å²) >= 11 is 0. The number of amides is 1. The molecule has 1 aromatic carbocycles. The van der Waals surface area contributed by atoms with Gasteiger partial charge in [-0.05, 0) is 58.2 Å². The molecule has 1 aromatic rings. The van der Waals surface area contributed by atoms with E-state index in [2.05, 4.69) is 20.5 Å². The van der Waals surface area contributed by atoms with E-state index in [0.29, 0.717) is 19.5 Å². The third-order valence-corrected chi connectivity index (χ3v) is 5.39. The number of sulfonamides is 1. The third kappa shape index (κ3) is 7.83. The number of hydrogen-bond donors (Lipinski definition) is 3. The Kier molecular flexibility index (Phi) is 8.08. The minimum atomic E-state index is -3.68. The topological polar surface area (TPSA) is 126 Å². The van der Waals surface area contributed by atoms with E-state index in [0.717, 1.165) is 31.0 Å². The molecule has 4 N–H and O–H groups in total. The molecule has 10 heteroatoms. The van der Waals surface area contributed by atoms with E-state index in [1.54, 1.807) is 12.1 Å². The maximum atomic E-state index is 12.0. The fourth-order valence-electron chi connectivity index (χ4n) is 3.11. The number of nitrogens with one attached hydrogen (secondary N) is 2. The molecule has 1 unspecified atom stereocenters. The predicted octanol–water partition coefficient (Wildman–Crippen LogP) is 1.44. The number of hydrogen-bond acceptors (Lipinski definition) is 5. The van der Waals surface area contributed by atoms with Gasteiger partial charge in [0, 0.05) is 26.2 Å². The number of guanidine groups is 1. The Bertz CT molecular complexity index is 847. The van der Waals surface area contributed by atoms with Crippen molar-refractivity contribution < 1.29 is 17.9 Å². The Balaban J connectivity index is 1.90. The highest BCUT2D eigenvalue weighted by atomic mass is 32.2. The van der Waals surface area contributed by atoms with Crippen LogP contribution in [-0.2, 0) is 21.2 Å². The summed E-state index contributed by atoms with van der Waals surface area (Å²) in [5, 5.41) is 11.3. The van der Waals surface area contributed by atoms with Crippen LogP contribution in [0.3, 0.4) is 0 Å². The molecular weight excluding hydrogens is 406 g/mol. The largest absolute Gasteiger partial charge is 0.444 e. The minimum Gasteiger partial charge on any atom is -0.444 e. The molecule has 1 amide bonds. The molecule has 168 valence electrons. The lowest BCUT2D eigenvalue weighted by atomic mass is 10.1. The van der Waals surface area contributed by atoms with E-state index < -0.39 is 21.7 Å². The first-order valence-corrected chi connectivity index (χ1v) is 11.7. The number of benzene rings is 1. The van der Waals surface area contributed by atoms with Crippen LogP contribution in [0.4, 0.5) is 4.79 Å². The molecule has 1 fully saturated rings. The second-order valence-corrected chi connectivity index (χ2v) is 9.81. The molecule has 0 spiro atoms. The number of carbonyl (C=O) groups excluding carboxylic acids is 1. The van der Waals surface area contributed by atoms with Crippen LogP contribution in [0.5, 0.6) is 0 Å². The van der Waals surface area contributed by atoms with Gasteiger partial charge in [0.1, 0.15) is 5.60 Å². The van der Waals surface area contributed by atoms with Gasteiger partial charge >= 0.3 is 6.09 Å². The van der Waals surface area contributed by atoms with Crippen molar-refractivity contribution in [2.24, 2.45) is 10.1 Å². The van der Waals surface area contributed by atoms with E-state index in [-0.39, 0.29) is 10.9 Å². The number of carbonyl (C=O) groups is 1. The molecule has 9 nitrogen and oxygen atoms in total. The van der Waals surface area contributed by atoms with Gasteiger partial charge in [-0.25, -0.2) is 18.4 Å². The van der Waals surface area contributed by atoms with E-state index in [1.807, 2.05) is 27.7 Å². The monoisotopic (exact) mass is 439 g/mol. The SMILES string of the molecule is CCNC(=NCCc1ccc(S(N)(=O)=O)cc1)N1CCC(NC(=O)OC(C)(C)C)C1. The number of ether oxygens (including phenoxy) is 1. The molecule has 0 radical (unpaired) electrons. The number of nitrogens with zero attached hydrogens (tertiary/aromatic N) is 2. The Morgan fingerprint density at radius 3 is 2.53 bits per heavy atom. The lowest BCUT2D eigenvalue weighted by Gasteiger charge is -2.23. The second kappa shape index (κ2) is 10.1. The zero-order chi connectivity index (χ0) is 22.4. The quantitative estimate of drug-likeness (QED) is 0.455. The normalized spacial score (nSPS) is 17.7. The summed E-state index contributed by atoms with van der Waals surface area (Å²) in [6.07, 6.45) is 1.09. The van der Waals surface area contributed by atoms with Crippen molar-refractivity contribution in [3.8, 4) is 0 Å². The van der Waals surface area contributed by atoms with Gasteiger partial charge in [0.05, 0.1) is 10.9 Å². The highest BCUT2D eigenvalue weighted by Crippen LogP contribution is 2.13. The number of likely N-dealkylation sites (tertiary alicyclic amines) is 1. The first-order valence-electron chi connectivity index (χ1n) is 10.1. The highest BCUT2D eigenvalue weighted by Gasteiger charge is 2.27. The Morgan fingerprint density at radius 2 is 1.97 bits per heavy atom. The van der Waals surface area contributed by atoms with E-state index in [9.17, 15) is 13.2 Å². The van der Waals surface area contributed by atoms with E-state index in [4.69, 9.17) is 9.88 Å². The fourth-order valence-corrected chi connectivity index (χ4v) is 3.62. The maximum Gasteiger partial charge on any atom is 0.407 e. The summed E-state index contributed by atoms with van der Waals surface area (Å²) in [5.74, 6) is 0.798. The van der Waals surface area contributed by atoms with Gasteiger partial charge in [-0.2, -0.15) is 0 Å². The standard InChI is InChI=1S/C20H33N5O4S/c1-5-22-18(23-12-10-15-6-8-17(9-7-15)30(21,27)28)25-13-11-16(14-25)24-19(26)29-20(2,3)4/h6-9,16H,5,10-14H2,1-4H3,(H,22,23)(H,24,26)(H2,21,27,28). The van der Waals surface area contributed by atoms with Crippen molar-refractivity contribution >= 4 is 22.1 Å². The van der Waals surface area contributed by atoms with Crippen molar-refractivity contribution in [3.63, 3.8) is 0 Å². The molecular formula is C20H33N5O4S. The van der Waals surface area contributed by atoms with Gasteiger partial charge < -0.3 is 20.3 Å². The summed E-state index contributed by atoms with van der Waals surface area (Å²) in [4.78, 5) is 18.9. The molecule has 0 bridgehead atoms. The van der Waals surface area contributed by atoms with Gasteiger partial charge in [-0.1, -0.05) is 12.1 Å². The number of rotatable bonds is 6. The van der Waals surface area contributed by atoms with Gasteiger partial charge in [-0.15, -0.1) is 0 Å². The van der Waals surface area contributed by atoms with Crippen LogP contribution in [0.15, 0.2) is 34.2 Å². The number of aliphatic imine (C=N–C) groups is 1. The van der Waals surface area contributed by atoms with Crippen LogP contribution in [-0.4, -0.2) is 63.2 Å². The summed E-state index contributed by atoms with van der Waals surface area (Å²) < 4.78 is 28.0. The Hall–Kier alpha value is -2.33. The van der Waals surface area contributed by atoms with Gasteiger partial charge in [0.15, 0.2) is 5.96 Å². The van der Waals surface area contributed by atoms with Crippen LogP contribution in [0.1, 0.15) is 39.7 Å². The molecule has 2 rings (SSSR count). The highest BCUT2D eigenvalue weighted by molar-refractivity contribution is 7.89. The van der Waals surface area contributed by atoms with Gasteiger partial charge in [0.2, 0.25) is 10.0 Å². The lowest BCUT2D eigenvalue weighted by molar-refractivity contribution is 0.0507. The number of primary sulfonamides is 1. The maximum absolute atomic E-state index is 12.0. The molecule has 0 aromatic heterocycles. The van der Waals surface area contributed by atoms with Crippen molar-refractivity contribution in [1.82, 2.24) is 15.5 Å². The van der Waals surface area contributed by atoms with Crippen molar-refractivity contribution in [2.75, 3.05) is 26.2 Å². The number of nitrogens with two attached hydrogens (primary N) is 1. The Labute approximate surface area is 179 Å². The first kappa shape index (κ1) is 23.9. The van der Waals surface area contributed by atoms with Crippen LogP contribution in [0.2, 0.25) is 0 Å². The van der Waals surface area contributed by atoms with Crippen LogP contribution in [0.25, 0.3) is 0 Å². The smallest absolute Gasteiger partial charge is 0.407 e. The zero-order valence-corrected chi connectivity index (χ0v) is 19.0. The molecule has 0 saturated carbocycles. The Morgan fingerprint density at radius 1 is 1.30 bits per heavy atom. The average molecular weight is 440 g/mol. The third-order valence-electron chi connectivity index (χ3n) is 4.46. The van der Waals surface area contributed by atoms with Crippen molar-refractivity contribution in [2.45, 2.75) is 57.1 Å². The van der Waals surface area contributed by atoms with Crippen molar-refractivity contribution in [3.05, 3.63) is 29.8 Å². The van der Waals surface area contributed by atoms with Crippen LogP contribution >= 0.6 is 0 Å². The lowest BCUT2D eigenvalue weighted by Crippen LogP contribution is -2.44. The molecule has 1 saturated heterocycles. The summed E-state index contributed by atoms with van der Waals surface area (Å²) in [6.45, 7) is 10.3. The molecule has 30 heavy (non-hydrogen) atoms. The molecule has 1 heterocycles. The summed E-state index contributed by atoms with van der Waals surface area (Å²) in [5.41, 5.74) is 0.457. The summed E-state index contributed by atoms with van der Waals surface area (Å²) in [7, 11) is -3.68. The van der Waals surface area contributed by atoms with Gasteiger partial charge in [-0.3, -0.25) is 4.99 Å². The number of alkyl carbamates (subject to hydrolysis) is 1. The molecule has 1 aliphatic heterocycles. The van der Waals surface area contributed by atoms with E-state index >= 15 is 0 Å². The second-order valence-electron chi connectivity index (χ2n) is 8.25. The van der Waals surface area contributed by atoms with Crippen LogP contribution < -0.4 is 15.8 Å². The summed E-state index contributed by atoms with van der Waals surface area (Å²) in [6, 6.07) is 6.52. The molecule has 1 atom stereocenters. The first-order chi connectivity index (χ1) is 14.0. The predicted molar refractivity (Wildman–Crippen MR) is 117 cm³/mol. The average Bonchev–Trinajstić information content (AvgIpc) is 3.07. The fraction of sp³-hybridized carbons (Fsp3) is 0.600. The van der Waals surface area contributed by atoms with E-state index in [1.165, 1.54) is 12.1 Å². The van der Waals surface area contributed by atoms with Crippen molar-refractivity contribution in [1.29, 1.82) is 0 Å². The van der Waals surface area contributed by atoms with Crippen LogP contribution in [0, 0.1) is 0 Å². The molecule has 0 aliphatic carbocycles.